The second-order valence-corrected chi connectivity index (χ2v) is 10.9. The largest absolute Gasteiger partial charge is 0.406 e. The molecule has 0 saturated carbocycles. The normalized spacial score (nSPS) is 12.0. The summed E-state index contributed by atoms with van der Waals surface area (Å²) in [7, 11) is -3.52. The molecule has 0 aliphatic heterocycles. The van der Waals surface area contributed by atoms with Crippen LogP contribution in [0, 0.1) is 17.0 Å². The van der Waals surface area contributed by atoms with Crippen LogP contribution in [-0.4, -0.2) is 31.3 Å². The fraction of sp³-hybridized carbons (Fsp3) is 0.364. The van der Waals surface area contributed by atoms with Gasteiger partial charge in [-0.1, -0.05) is 87.0 Å². The third kappa shape index (κ3) is 7.31. The Bertz CT molecular complexity index is 638. The predicted octanol–water partition coefficient (Wildman–Crippen LogP) is 2.82. The summed E-state index contributed by atoms with van der Waals surface area (Å²) >= 11 is 0. The summed E-state index contributed by atoms with van der Waals surface area (Å²) < 4.78 is 12.0. The van der Waals surface area contributed by atoms with E-state index in [2.05, 4.69) is 92.5 Å². The molecule has 0 N–H and O–H groups in total. The molecular formula is C22H30O2Si2. The zero-order chi connectivity index (χ0) is 18.6. The molecule has 1 unspecified atom stereocenters. The summed E-state index contributed by atoms with van der Waals surface area (Å²) in [6.07, 6.45) is 2.05. The van der Waals surface area contributed by atoms with Crippen molar-refractivity contribution >= 4 is 28.5 Å². The Hall–Kier alpha value is -1.65. The third-order valence-electron chi connectivity index (χ3n) is 4.05. The van der Waals surface area contributed by atoms with Crippen molar-refractivity contribution in [2.75, 3.05) is 13.2 Å². The van der Waals surface area contributed by atoms with E-state index in [4.69, 9.17) is 8.85 Å². The van der Waals surface area contributed by atoms with E-state index in [0.29, 0.717) is 5.92 Å². The van der Waals surface area contributed by atoms with E-state index in [1.165, 1.54) is 10.4 Å². The molecule has 0 bridgehead atoms. The van der Waals surface area contributed by atoms with Gasteiger partial charge in [0.05, 0.1) is 0 Å². The number of hydrogen-bond donors (Lipinski definition) is 0. The molecule has 0 fully saturated rings. The highest BCUT2D eigenvalue weighted by molar-refractivity contribution is 6.92. The molecule has 2 nitrogen and oxygen atoms in total. The second kappa shape index (κ2) is 11.9. The average molecular weight is 383 g/mol. The first-order valence-corrected chi connectivity index (χ1v) is 12.8. The van der Waals surface area contributed by atoms with Gasteiger partial charge in [-0.3, -0.25) is 0 Å². The highest BCUT2D eigenvalue weighted by atomic mass is 28.3. The van der Waals surface area contributed by atoms with Gasteiger partial charge >= 0.3 is 9.28 Å². The molecule has 4 heteroatoms. The Morgan fingerprint density at radius 1 is 0.808 bits per heavy atom. The first kappa shape index (κ1) is 20.7. The zero-order valence-electron chi connectivity index (χ0n) is 16.2. The van der Waals surface area contributed by atoms with Crippen LogP contribution in [0.3, 0.4) is 0 Å². The Labute approximate surface area is 162 Å². The lowest BCUT2D eigenvalue weighted by Gasteiger charge is -2.13. The molecule has 26 heavy (non-hydrogen) atoms. The minimum absolute atomic E-state index is 0.638. The van der Waals surface area contributed by atoms with E-state index in [-0.39, 0.29) is 0 Å². The van der Waals surface area contributed by atoms with Crippen molar-refractivity contribution in [3.05, 3.63) is 60.7 Å². The minimum atomic E-state index is -1.94. The van der Waals surface area contributed by atoms with E-state index >= 15 is 0 Å². The fourth-order valence-corrected chi connectivity index (χ4v) is 6.77. The molecule has 0 spiro atoms. The summed E-state index contributed by atoms with van der Waals surface area (Å²) in [5.41, 5.74) is 7.03. The van der Waals surface area contributed by atoms with E-state index < -0.39 is 18.1 Å². The zero-order valence-corrected chi connectivity index (χ0v) is 18.5. The molecule has 2 aromatic carbocycles. The summed E-state index contributed by atoms with van der Waals surface area (Å²) in [5, 5.41) is 2.69. The van der Waals surface area contributed by atoms with Crippen LogP contribution in [-0.2, 0) is 8.85 Å². The molecule has 0 aliphatic carbocycles. The van der Waals surface area contributed by atoms with Crippen LogP contribution < -0.4 is 10.4 Å². The quantitative estimate of drug-likeness (QED) is 0.490. The third-order valence-corrected chi connectivity index (χ3v) is 8.42. The maximum atomic E-state index is 6.04. The van der Waals surface area contributed by atoms with Crippen LogP contribution >= 0.6 is 0 Å². The second-order valence-electron chi connectivity index (χ2n) is 6.80. The van der Waals surface area contributed by atoms with E-state index in [0.717, 1.165) is 26.1 Å². The van der Waals surface area contributed by atoms with Gasteiger partial charge in [-0.05, 0) is 29.1 Å². The molecule has 0 heterocycles. The molecule has 138 valence electrons. The predicted molar refractivity (Wildman–Crippen MR) is 116 cm³/mol. The van der Waals surface area contributed by atoms with Gasteiger partial charge in [-0.15, -0.1) is 5.54 Å². The van der Waals surface area contributed by atoms with Crippen LogP contribution in [0.2, 0.25) is 0 Å². The summed E-state index contributed by atoms with van der Waals surface area (Å²) in [6, 6.07) is 21.3. The fourth-order valence-electron chi connectivity index (χ4n) is 2.57. The molecular weight excluding hydrogens is 352 g/mol. The van der Waals surface area contributed by atoms with Crippen molar-refractivity contribution in [3.63, 3.8) is 0 Å². The van der Waals surface area contributed by atoms with Gasteiger partial charge in [0.1, 0.15) is 0 Å². The minimum Gasteiger partial charge on any atom is -0.388 e. The van der Waals surface area contributed by atoms with Gasteiger partial charge < -0.3 is 8.85 Å². The van der Waals surface area contributed by atoms with Crippen LogP contribution in [0.4, 0.5) is 0 Å². The maximum absolute atomic E-state index is 6.04. The van der Waals surface area contributed by atoms with Crippen molar-refractivity contribution in [1.29, 1.82) is 0 Å². The maximum Gasteiger partial charge on any atom is 0.406 e. The van der Waals surface area contributed by atoms with Gasteiger partial charge in [0.25, 0.3) is 0 Å². The molecule has 0 saturated heterocycles. The lowest BCUT2D eigenvalue weighted by atomic mass is 10.2. The molecule has 2 rings (SSSR count). The topological polar surface area (TPSA) is 18.5 Å². The number of rotatable bonds is 9. The van der Waals surface area contributed by atoms with E-state index in [1.807, 2.05) is 0 Å². The van der Waals surface area contributed by atoms with Crippen molar-refractivity contribution in [2.45, 2.75) is 33.6 Å². The summed E-state index contributed by atoms with van der Waals surface area (Å²) in [4.78, 5) is 0. The van der Waals surface area contributed by atoms with Crippen LogP contribution in [0.25, 0.3) is 0 Å². The number of benzene rings is 2. The van der Waals surface area contributed by atoms with Crippen LogP contribution in [0.1, 0.15) is 33.6 Å². The Morgan fingerprint density at radius 3 is 1.85 bits per heavy atom. The van der Waals surface area contributed by atoms with Crippen LogP contribution in [0.5, 0.6) is 0 Å². The van der Waals surface area contributed by atoms with E-state index in [1.54, 1.807) is 0 Å². The molecule has 1 atom stereocenters. The number of hydrogen-bond acceptors (Lipinski definition) is 2. The Kier molecular flexibility index (Phi) is 9.43. The van der Waals surface area contributed by atoms with E-state index in [9.17, 15) is 0 Å². The molecule has 2 aromatic rings. The molecule has 0 amide bonds. The highest BCUT2D eigenvalue weighted by Crippen LogP contribution is 2.01. The van der Waals surface area contributed by atoms with Gasteiger partial charge in [0.15, 0.2) is 8.80 Å². The first-order chi connectivity index (χ1) is 12.7. The summed E-state index contributed by atoms with van der Waals surface area (Å²) in [6.45, 7) is 8.03. The monoisotopic (exact) mass is 382 g/mol. The SMILES string of the molecule is CCCO[SiH](C#C[SiH](c1ccccc1)c1ccccc1)OCCC(C)C. The highest BCUT2D eigenvalue weighted by Gasteiger charge is 2.15. The van der Waals surface area contributed by atoms with Gasteiger partial charge in [-0.25, -0.2) is 0 Å². The van der Waals surface area contributed by atoms with Gasteiger partial charge in [0.2, 0.25) is 0 Å². The lowest BCUT2D eigenvalue weighted by molar-refractivity contribution is 0.199. The molecule has 0 aliphatic rings. The summed E-state index contributed by atoms with van der Waals surface area (Å²) in [5.74, 6) is 0.638. The van der Waals surface area contributed by atoms with Gasteiger partial charge in [0, 0.05) is 13.2 Å². The standard InChI is InChI=1S/C22H30O2Si2/c1-4-16-23-26(24-17-15-20(2)3)19-18-25(21-11-7-5-8-12-21)22-13-9-6-10-14-22/h5-14,20,25-26H,4,15-17H2,1-3H3. The van der Waals surface area contributed by atoms with Crippen LogP contribution in [0.15, 0.2) is 60.7 Å². The van der Waals surface area contributed by atoms with Crippen molar-refractivity contribution in [1.82, 2.24) is 0 Å². The van der Waals surface area contributed by atoms with Crippen molar-refractivity contribution in [2.24, 2.45) is 5.92 Å². The average Bonchev–Trinajstić information content (AvgIpc) is 2.67. The lowest BCUT2D eigenvalue weighted by Crippen LogP contribution is -2.41. The Morgan fingerprint density at radius 2 is 1.35 bits per heavy atom. The molecule has 0 aromatic heterocycles. The van der Waals surface area contributed by atoms with Gasteiger partial charge in [-0.2, -0.15) is 0 Å². The van der Waals surface area contributed by atoms with Crippen molar-refractivity contribution in [3.8, 4) is 11.1 Å². The van der Waals surface area contributed by atoms with Crippen molar-refractivity contribution < 1.29 is 8.85 Å². The smallest absolute Gasteiger partial charge is 0.388 e. The molecule has 0 radical (unpaired) electrons. The Balaban J connectivity index is 2.19. The first-order valence-electron chi connectivity index (χ1n) is 9.54.